The van der Waals surface area contributed by atoms with Crippen LogP contribution in [0.5, 0.6) is 0 Å². The van der Waals surface area contributed by atoms with Gasteiger partial charge in [0.15, 0.2) is 5.71 Å². The zero-order valence-corrected chi connectivity index (χ0v) is 30.0. The second-order valence-corrected chi connectivity index (χ2v) is 15.5. The minimum atomic E-state index is -4.64. The summed E-state index contributed by atoms with van der Waals surface area (Å²) in [5.41, 5.74) is 3.33. The predicted molar refractivity (Wildman–Crippen MR) is 179 cm³/mol. The van der Waals surface area contributed by atoms with E-state index in [-0.39, 0.29) is 35.7 Å². The van der Waals surface area contributed by atoms with E-state index in [4.69, 9.17) is 19.2 Å². The lowest BCUT2D eigenvalue weighted by molar-refractivity contribution is -0.437. The van der Waals surface area contributed by atoms with Crippen LogP contribution in [0.25, 0.3) is 0 Å². The first-order valence-electron chi connectivity index (χ1n) is 15.5. The third-order valence-electron chi connectivity index (χ3n) is 8.55. The molecule has 2 aromatic rings. The van der Waals surface area contributed by atoms with E-state index < -0.39 is 42.8 Å². The minimum Gasteiger partial charge on any atom is -0.744 e. The van der Waals surface area contributed by atoms with Gasteiger partial charge < -0.3 is 14.6 Å². The molecular weight excluding hydrogens is 693 g/mol. The third kappa shape index (κ3) is 9.57. The van der Waals surface area contributed by atoms with E-state index in [0.29, 0.717) is 17.8 Å². The Morgan fingerprint density at radius 3 is 2.12 bits per heavy atom. The van der Waals surface area contributed by atoms with Gasteiger partial charge in [0.25, 0.3) is 10.1 Å². The monoisotopic (exact) mass is 732 g/mol. The van der Waals surface area contributed by atoms with E-state index in [1.807, 2.05) is 56.6 Å². The van der Waals surface area contributed by atoms with Gasteiger partial charge >= 0.3 is 18.3 Å². The highest BCUT2D eigenvalue weighted by atomic mass is 32.2. The number of carbonyl (C=O) groups is 1. The van der Waals surface area contributed by atoms with E-state index >= 15 is 0 Å². The molecule has 14 nitrogen and oxygen atoms in total. The molecule has 0 bridgehead atoms. The van der Waals surface area contributed by atoms with Gasteiger partial charge in [-0.15, -0.1) is 0 Å². The summed E-state index contributed by atoms with van der Waals surface area (Å²) in [5.74, 6) is -1.49. The number of hydrogen-bond donors (Lipinski definition) is 2. The molecule has 2 N–H and O–H groups in total. The molecule has 16 heteroatoms. The number of nitrogens with zero attached hydrogens (tertiary/aromatic N) is 2. The number of rotatable bonds is 12. The fourth-order valence-electron chi connectivity index (χ4n) is 6.44. The van der Waals surface area contributed by atoms with Crippen LogP contribution in [0.4, 0.5) is 11.4 Å². The van der Waals surface area contributed by atoms with Crippen LogP contribution in [0.1, 0.15) is 81.8 Å². The number of unbranched alkanes of at least 4 members (excludes halogenated alkanes) is 2. The van der Waals surface area contributed by atoms with Crippen molar-refractivity contribution in [2.75, 3.05) is 23.7 Å². The highest BCUT2D eigenvalue weighted by Crippen LogP contribution is 2.49. The van der Waals surface area contributed by atoms with Crippen LogP contribution in [0.2, 0.25) is 0 Å². The molecule has 0 aromatic heterocycles. The summed E-state index contributed by atoms with van der Waals surface area (Å²) in [6, 6.07) is 9.52. The lowest BCUT2D eigenvalue weighted by atomic mass is 9.79. The molecule has 270 valence electrons. The molecule has 2 aliphatic rings. The minimum absolute atomic E-state index is 0.128. The average Bonchev–Trinajstić information content (AvgIpc) is 3.35. The normalized spacial score (nSPS) is 16.5. The zero-order chi connectivity index (χ0) is 38.1. The molecule has 0 atom stereocenters. The SMILES string of the molecule is CCCCCN1/C(=C/C=C/C2=[N+](CCCS(=O)(=O)O)c3cccc(C(=O)O)c3C2(C)C)C(C)(C)c2cc(S(=O)(=O)[O-])ccc21.O=C=O.O=C=O. The van der Waals surface area contributed by atoms with E-state index in [1.165, 1.54) is 12.1 Å². The van der Waals surface area contributed by atoms with Gasteiger partial charge in [-0.1, -0.05) is 45.8 Å². The summed E-state index contributed by atoms with van der Waals surface area (Å²) in [5, 5.41) is 9.96. The Morgan fingerprint density at radius 2 is 1.58 bits per heavy atom. The number of allylic oxidation sites excluding steroid dienone is 4. The molecule has 2 heterocycles. The summed E-state index contributed by atoms with van der Waals surface area (Å²) < 4.78 is 69.6. The fraction of sp³-hybridized carbons (Fsp3) is 0.412. The first-order chi connectivity index (χ1) is 23.2. The quantitative estimate of drug-likeness (QED) is 0.178. The number of carboxylic acid groups (broad SMARTS) is 1. The Balaban J connectivity index is 0.00000135. The number of benzene rings is 2. The van der Waals surface area contributed by atoms with Crippen LogP contribution in [0.15, 0.2) is 65.2 Å². The lowest BCUT2D eigenvalue weighted by Crippen LogP contribution is -2.29. The Morgan fingerprint density at radius 1 is 0.960 bits per heavy atom. The summed E-state index contributed by atoms with van der Waals surface area (Å²) in [4.78, 5) is 46.6. The van der Waals surface area contributed by atoms with E-state index in [0.717, 1.165) is 41.9 Å². The van der Waals surface area contributed by atoms with Gasteiger partial charge in [-0.3, -0.25) is 4.55 Å². The molecule has 0 saturated carbocycles. The summed E-state index contributed by atoms with van der Waals surface area (Å²) in [6.07, 6.45) is 9.30. The molecular formula is C34H40N2O12S2. The molecule has 0 fully saturated rings. The first kappa shape index (κ1) is 41.6. The van der Waals surface area contributed by atoms with Crippen LogP contribution in [-0.2, 0) is 50.2 Å². The molecule has 50 heavy (non-hydrogen) atoms. The topological polar surface area (TPSA) is 223 Å². The highest BCUT2D eigenvalue weighted by Gasteiger charge is 2.47. The Kier molecular flexibility index (Phi) is 14.1. The van der Waals surface area contributed by atoms with Crippen LogP contribution >= 0.6 is 0 Å². The first-order valence-corrected chi connectivity index (χ1v) is 18.5. The molecule has 4 rings (SSSR count). The molecule has 0 saturated heterocycles. The van der Waals surface area contributed by atoms with Crippen LogP contribution in [-0.4, -0.2) is 78.4 Å². The van der Waals surface area contributed by atoms with Gasteiger partial charge in [-0.25, -0.2) is 13.2 Å². The van der Waals surface area contributed by atoms with Crippen molar-refractivity contribution in [2.45, 2.75) is 76.0 Å². The third-order valence-corrected chi connectivity index (χ3v) is 10.2. The second kappa shape index (κ2) is 16.9. The van der Waals surface area contributed by atoms with Crippen LogP contribution in [0, 0.1) is 0 Å². The maximum Gasteiger partial charge on any atom is 0.373 e. The van der Waals surface area contributed by atoms with Crippen molar-refractivity contribution < 1.29 is 59.6 Å². The number of hydrogen-bond acceptors (Lipinski definition) is 11. The van der Waals surface area contributed by atoms with Crippen molar-refractivity contribution >= 4 is 55.6 Å². The molecule has 0 amide bonds. The maximum atomic E-state index is 12.2. The number of fused-ring (bicyclic) bond motifs is 2. The van der Waals surface area contributed by atoms with Crippen molar-refractivity contribution in [3.05, 3.63) is 77.0 Å². The Labute approximate surface area is 291 Å². The smallest absolute Gasteiger partial charge is 0.373 e. The van der Waals surface area contributed by atoms with Crippen molar-refractivity contribution in [3.63, 3.8) is 0 Å². The number of aromatic carboxylic acids is 1. The van der Waals surface area contributed by atoms with Crippen LogP contribution < -0.4 is 4.90 Å². The maximum absolute atomic E-state index is 12.2. The standard InChI is InChI=1S/C32H40N2O8S2.2CO2/c1-6-7-8-18-33-25-17-16-22(44(40,41)42)21-24(25)31(2,3)27(33)14-10-15-28-32(4,5)29-23(30(35)36)12-9-13-26(29)34(28)19-11-20-43(37,38)39;2*2-1-3/h9-10,12-17,21H,6-8,11,18-20H2,1-5H3,(H2-,35,36,37,38,39,40,41,42);;. The molecule has 0 aliphatic carbocycles. The number of anilines is 1. The molecule has 0 spiro atoms. The van der Waals surface area contributed by atoms with Gasteiger partial charge in [-0.2, -0.15) is 32.2 Å². The lowest BCUT2D eigenvalue weighted by Gasteiger charge is -2.27. The van der Waals surface area contributed by atoms with Gasteiger partial charge in [0.05, 0.1) is 27.2 Å². The van der Waals surface area contributed by atoms with Gasteiger partial charge in [0, 0.05) is 41.9 Å². The molecule has 0 radical (unpaired) electrons. The number of carbonyl (C=O) groups excluding carboxylic acids is 4. The van der Waals surface area contributed by atoms with Crippen molar-refractivity contribution in [2.24, 2.45) is 0 Å². The van der Waals surface area contributed by atoms with Crippen molar-refractivity contribution in [1.82, 2.24) is 0 Å². The van der Waals surface area contributed by atoms with E-state index in [2.05, 4.69) is 11.8 Å². The Bertz CT molecular complexity index is 1970. The van der Waals surface area contributed by atoms with Gasteiger partial charge in [-0.05, 0) is 56.2 Å². The zero-order valence-electron chi connectivity index (χ0n) is 28.3. The second-order valence-electron chi connectivity index (χ2n) is 12.5. The van der Waals surface area contributed by atoms with Gasteiger partial charge in [0.1, 0.15) is 16.7 Å². The summed E-state index contributed by atoms with van der Waals surface area (Å²) in [6.45, 7) is 10.9. The molecule has 2 aliphatic heterocycles. The van der Waals surface area contributed by atoms with Crippen LogP contribution in [0.3, 0.4) is 0 Å². The fourth-order valence-corrected chi connectivity index (χ4v) is 7.43. The largest absolute Gasteiger partial charge is 0.744 e. The Hall–Kier alpha value is -4.56. The van der Waals surface area contributed by atoms with Gasteiger partial charge in [0.2, 0.25) is 5.69 Å². The average molecular weight is 733 g/mol. The molecule has 2 aromatic carbocycles. The van der Waals surface area contributed by atoms with Crippen molar-refractivity contribution in [1.29, 1.82) is 0 Å². The summed E-state index contributed by atoms with van der Waals surface area (Å²) in [7, 11) is -8.81. The summed E-state index contributed by atoms with van der Waals surface area (Å²) >= 11 is 0. The van der Waals surface area contributed by atoms with Crippen molar-refractivity contribution in [3.8, 4) is 0 Å². The predicted octanol–water partition coefficient (Wildman–Crippen LogP) is 4.20. The highest BCUT2D eigenvalue weighted by molar-refractivity contribution is 7.86. The van der Waals surface area contributed by atoms with E-state index in [9.17, 15) is 35.8 Å². The molecule has 0 unspecified atom stereocenters. The number of carboxylic acids is 1. The van der Waals surface area contributed by atoms with E-state index in [1.54, 1.807) is 18.2 Å².